The largest absolute Gasteiger partial charge is 0.466 e. The predicted octanol–water partition coefficient (Wildman–Crippen LogP) is 0.273. The lowest BCUT2D eigenvalue weighted by atomic mass is 10.5. The van der Waals surface area contributed by atoms with Crippen molar-refractivity contribution in [2.75, 3.05) is 7.11 Å². The molecule has 0 atom stereocenters. The lowest BCUT2D eigenvalue weighted by Crippen LogP contribution is -2.14. The van der Waals surface area contributed by atoms with Crippen molar-refractivity contribution in [1.29, 1.82) is 0 Å². The normalized spacial score (nSPS) is 9.86. The number of hydrogen-bond acceptors (Lipinski definition) is 5. The van der Waals surface area contributed by atoms with Crippen LogP contribution in [0.5, 0.6) is 0 Å². The van der Waals surface area contributed by atoms with E-state index in [4.69, 9.17) is 0 Å². The smallest absolute Gasteiger partial charge is 0.348 e. The summed E-state index contributed by atoms with van der Waals surface area (Å²) < 4.78 is 5.59. The van der Waals surface area contributed by atoms with Gasteiger partial charge in [-0.25, -0.2) is 9.78 Å². The van der Waals surface area contributed by atoms with Gasteiger partial charge in [0.15, 0.2) is 12.4 Å². The van der Waals surface area contributed by atoms with Crippen LogP contribution in [0.3, 0.4) is 0 Å². The molecule has 0 aromatic carbocycles. The molecular formula is C7H9N3O4. The van der Waals surface area contributed by atoms with E-state index < -0.39 is 10.9 Å². The summed E-state index contributed by atoms with van der Waals surface area (Å²) in [6.07, 6.45) is 1.11. The van der Waals surface area contributed by atoms with Crippen LogP contribution >= 0.6 is 0 Å². The highest BCUT2D eigenvalue weighted by molar-refractivity contribution is 5.69. The highest BCUT2D eigenvalue weighted by Crippen LogP contribution is 2.13. The van der Waals surface area contributed by atoms with Gasteiger partial charge >= 0.3 is 11.8 Å². The number of carbonyl (C=O) groups is 1. The lowest BCUT2D eigenvalue weighted by molar-refractivity contribution is -0.392. The van der Waals surface area contributed by atoms with Crippen LogP contribution in [0, 0.1) is 17.0 Å². The van der Waals surface area contributed by atoms with E-state index in [0.29, 0.717) is 5.82 Å². The topological polar surface area (TPSA) is 87.3 Å². The molecule has 0 bridgehead atoms. The molecule has 0 saturated carbocycles. The number of nitro groups is 1. The van der Waals surface area contributed by atoms with Gasteiger partial charge in [-0.2, -0.15) is 4.57 Å². The van der Waals surface area contributed by atoms with E-state index in [-0.39, 0.29) is 12.4 Å². The molecule has 0 aliphatic heterocycles. The Hall–Kier alpha value is -1.92. The molecule has 0 N–H and O–H groups in total. The van der Waals surface area contributed by atoms with Gasteiger partial charge < -0.3 is 14.9 Å². The Morgan fingerprint density at radius 1 is 1.79 bits per heavy atom. The Kier molecular flexibility index (Phi) is 2.80. The van der Waals surface area contributed by atoms with Crippen molar-refractivity contribution in [2.24, 2.45) is 0 Å². The van der Waals surface area contributed by atoms with Gasteiger partial charge in [0.1, 0.15) is 6.20 Å². The third kappa shape index (κ3) is 1.87. The minimum atomic E-state index is -0.594. The minimum absolute atomic E-state index is 0.196. The van der Waals surface area contributed by atoms with Gasteiger partial charge in [0, 0.05) is 6.92 Å². The zero-order chi connectivity index (χ0) is 10.7. The number of aromatic nitrogens is 2. The van der Waals surface area contributed by atoms with Crippen LogP contribution in [0.15, 0.2) is 6.20 Å². The number of aryl methyl sites for hydroxylation is 1. The van der Waals surface area contributed by atoms with Gasteiger partial charge in [0.05, 0.1) is 7.11 Å². The summed E-state index contributed by atoms with van der Waals surface area (Å²) in [5.41, 5.74) is 0. The predicted molar refractivity (Wildman–Crippen MR) is 45.6 cm³/mol. The van der Waals surface area contributed by atoms with E-state index in [1.807, 2.05) is 0 Å². The second-order valence-electron chi connectivity index (χ2n) is 2.58. The molecule has 0 spiro atoms. The monoisotopic (exact) mass is 199 g/mol. The molecule has 7 nitrogen and oxygen atoms in total. The number of esters is 1. The molecule has 1 rings (SSSR count). The molecule has 0 unspecified atom stereocenters. The highest BCUT2D eigenvalue weighted by atomic mass is 16.6. The average molecular weight is 199 g/mol. The maximum atomic E-state index is 10.9. The summed E-state index contributed by atoms with van der Waals surface area (Å²) in [5, 5.41) is 10.5. The van der Waals surface area contributed by atoms with E-state index in [9.17, 15) is 14.9 Å². The molecule has 7 heteroatoms. The average Bonchev–Trinajstić information content (AvgIpc) is 2.48. The van der Waals surface area contributed by atoms with Crippen LogP contribution in [-0.4, -0.2) is 27.6 Å². The maximum Gasteiger partial charge on any atom is 0.348 e. The number of carbonyl (C=O) groups excluding carboxylic acids is 1. The van der Waals surface area contributed by atoms with Crippen LogP contribution in [0.1, 0.15) is 5.82 Å². The summed E-state index contributed by atoms with van der Waals surface area (Å²) in [6, 6.07) is 0. The van der Waals surface area contributed by atoms with Crippen molar-refractivity contribution < 1.29 is 14.5 Å². The molecule has 0 saturated heterocycles. The third-order valence-electron chi connectivity index (χ3n) is 1.74. The molecule has 1 aromatic heterocycles. The second kappa shape index (κ2) is 3.86. The Morgan fingerprint density at radius 3 is 2.93 bits per heavy atom. The molecule has 0 aliphatic rings. The van der Waals surface area contributed by atoms with Crippen molar-refractivity contribution >= 4 is 11.8 Å². The molecule has 0 aliphatic carbocycles. The van der Waals surface area contributed by atoms with Gasteiger partial charge in [0.25, 0.3) is 0 Å². The Bertz CT molecular complexity index is 371. The molecular weight excluding hydrogens is 190 g/mol. The van der Waals surface area contributed by atoms with Crippen molar-refractivity contribution in [3.63, 3.8) is 0 Å². The third-order valence-corrected chi connectivity index (χ3v) is 1.74. The van der Waals surface area contributed by atoms with E-state index >= 15 is 0 Å². The van der Waals surface area contributed by atoms with Crippen LogP contribution in [0.25, 0.3) is 0 Å². The number of ether oxygens (including phenoxy) is 1. The zero-order valence-corrected chi connectivity index (χ0v) is 7.76. The fourth-order valence-corrected chi connectivity index (χ4v) is 0.991. The zero-order valence-electron chi connectivity index (χ0n) is 7.76. The van der Waals surface area contributed by atoms with Crippen LogP contribution < -0.4 is 0 Å². The van der Waals surface area contributed by atoms with Gasteiger partial charge in [-0.15, -0.1) is 0 Å². The van der Waals surface area contributed by atoms with Gasteiger partial charge in [-0.05, 0) is 4.92 Å². The molecule has 1 aromatic rings. The van der Waals surface area contributed by atoms with E-state index in [1.54, 1.807) is 6.92 Å². The molecule has 1 heterocycles. The van der Waals surface area contributed by atoms with Crippen LogP contribution in [-0.2, 0) is 16.1 Å². The van der Waals surface area contributed by atoms with Crippen LogP contribution in [0.2, 0.25) is 0 Å². The first-order valence-electron chi connectivity index (χ1n) is 3.79. The summed E-state index contributed by atoms with van der Waals surface area (Å²) in [4.78, 5) is 24.6. The highest BCUT2D eigenvalue weighted by Gasteiger charge is 2.20. The first-order chi connectivity index (χ1) is 6.56. The van der Waals surface area contributed by atoms with Crippen molar-refractivity contribution in [3.05, 3.63) is 22.1 Å². The van der Waals surface area contributed by atoms with Crippen molar-refractivity contribution in [3.8, 4) is 0 Å². The van der Waals surface area contributed by atoms with Gasteiger partial charge in [0.2, 0.25) is 0 Å². The fraction of sp³-hybridized carbons (Fsp3) is 0.429. The summed E-state index contributed by atoms with van der Waals surface area (Å²) >= 11 is 0. The Morgan fingerprint density at radius 2 is 2.43 bits per heavy atom. The number of hydrogen-bond donors (Lipinski definition) is 0. The van der Waals surface area contributed by atoms with E-state index in [0.717, 1.165) is 6.20 Å². The number of methoxy groups -OCH3 is 1. The van der Waals surface area contributed by atoms with E-state index in [1.165, 1.54) is 11.7 Å². The summed E-state index contributed by atoms with van der Waals surface area (Å²) in [5.74, 6) is -0.357. The molecule has 0 amide bonds. The number of nitrogens with zero attached hydrogens (tertiary/aromatic N) is 3. The number of rotatable bonds is 3. The molecule has 14 heavy (non-hydrogen) atoms. The SMILES string of the molecule is COC(=O)Cn1c([N+](=O)[O-])cnc1C. The van der Waals surface area contributed by atoms with Gasteiger partial charge in [-0.1, -0.05) is 0 Å². The quantitative estimate of drug-likeness (QED) is 0.396. The van der Waals surface area contributed by atoms with Crippen molar-refractivity contribution in [2.45, 2.75) is 13.5 Å². The lowest BCUT2D eigenvalue weighted by Gasteiger charge is -2.00. The number of imidazole rings is 1. The standard InChI is InChI=1S/C7H9N3O4/c1-5-8-3-6(10(12)13)9(5)4-7(11)14-2/h3H,4H2,1-2H3. The summed E-state index contributed by atoms with van der Waals surface area (Å²) in [7, 11) is 1.22. The van der Waals surface area contributed by atoms with Crippen LogP contribution in [0.4, 0.5) is 5.82 Å². The minimum Gasteiger partial charge on any atom is -0.466 e. The Balaban J connectivity index is 2.99. The first kappa shape index (κ1) is 10.2. The van der Waals surface area contributed by atoms with Crippen molar-refractivity contribution in [1.82, 2.24) is 9.55 Å². The molecule has 0 fully saturated rings. The summed E-state index contributed by atoms with van der Waals surface area (Å²) in [6.45, 7) is 1.38. The second-order valence-corrected chi connectivity index (χ2v) is 2.58. The van der Waals surface area contributed by atoms with E-state index in [2.05, 4.69) is 9.72 Å². The maximum absolute atomic E-state index is 10.9. The first-order valence-corrected chi connectivity index (χ1v) is 3.79. The molecule has 0 radical (unpaired) electrons. The molecule has 76 valence electrons. The fourth-order valence-electron chi connectivity index (χ4n) is 0.991. The Labute approximate surface area is 79.5 Å². The van der Waals surface area contributed by atoms with Gasteiger partial charge in [-0.3, -0.25) is 0 Å².